The average molecular weight is 2070 g/mol. The zero-order valence-electron chi connectivity index (χ0n) is 101. The number of hydrogen-bond donors (Lipinski definition) is 6. The Morgan fingerprint density at radius 2 is 0.426 bits per heavy atom. The number of ketones is 1. The second-order valence-corrected chi connectivity index (χ2v) is 42.1. The van der Waals surface area contributed by atoms with E-state index in [9.17, 15) is 14.4 Å². The molecule has 0 atom stereocenters. The standard InChI is InChI=1S/C42H77N3O.C41H77N3.C37H66O.C5H13N3O.C5H14N2.C2H6O.CH4/c1-5-7-9-11-13-15-17-19-21-23-25-27-29-31-33-35-37-41(43-44-42(46)39-40-45(3)4)38-36-34-32-30-28-26-24-22-20-18-16-14-12-10-8-6-2;1-5-7-9-11-13-15-17-19-21-23-25-27-29-31-33-35-37-41(43-42-39-40-44(3)4)38-36-34-32-30-28-26-24-22-20-18-16-14-12-10-8-6-2;1-3-5-7-9-11-13-15-17-19-21-23-25-27-29-31-33-35-37(38)36-34-32-30-28-26-24-22-20-18-16-14-12-10-8-6-4-2;1-8(2)4-3-5(9)7-6;1-7(2)5-3-4-6;1-2-3;/h13-16,19-22H,5-12,17-18,23-40H2,1-4H3,(H,44,46);13-16,19-22,42H,5-12,17-18,23-40H2,1-4H3;11-14,17-20H,3-10,15-16,21-36H2,1-2H3;3-4,6H2,1-2H3,(H,7,9);3-6H2,1-2H3;3H,2H2,1H3;1H4/b2*15-13-,16-14-,21-19-,22-20-;13-11-,14-12-,19-17-,20-18-;;;;. The van der Waals surface area contributed by atoms with Gasteiger partial charge in [0.15, 0.2) is 0 Å². The van der Waals surface area contributed by atoms with Crippen molar-refractivity contribution in [1.82, 2.24) is 35.9 Å². The third-order valence-electron chi connectivity index (χ3n) is 25.8. The Kier molecular flexibility index (Phi) is 153. The van der Waals surface area contributed by atoms with Crippen LogP contribution in [0.15, 0.2) is 156 Å². The lowest BCUT2D eigenvalue weighted by atomic mass is 10.0. The van der Waals surface area contributed by atoms with Gasteiger partial charge in [-0.05, 0) is 340 Å². The molecule has 0 aliphatic carbocycles. The number of carbonyl (C=O) groups excluding carboxylic acids is 3. The molecule has 0 rings (SSSR count). The van der Waals surface area contributed by atoms with Crippen molar-refractivity contribution in [2.45, 2.75) is 576 Å². The van der Waals surface area contributed by atoms with Gasteiger partial charge in [0.1, 0.15) is 5.78 Å². The van der Waals surface area contributed by atoms with Gasteiger partial charge in [-0.1, -0.05) is 426 Å². The Morgan fingerprint density at radius 3 is 0.622 bits per heavy atom. The van der Waals surface area contributed by atoms with Crippen LogP contribution < -0.4 is 27.9 Å². The van der Waals surface area contributed by atoms with Crippen molar-refractivity contribution >= 4 is 29.0 Å². The van der Waals surface area contributed by atoms with Crippen LogP contribution in [0.3, 0.4) is 0 Å². The fraction of sp³-hybridized carbons (Fsp3) is 0.782. The molecule has 0 unspecified atom stereocenters. The molecule has 0 radical (unpaired) electrons. The molecule has 0 saturated heterocycles. The number of Topliss-reactive ketones (excluding diaryl/α,β-unsaturated/α-hetero) is 1. The van der Waals surface area contributed by atoms with Gasteiger partial charge in [-0.3, -0.25) is 19.8 Å². The second kappa shape index (κ2) is 145. The van der Waals surface area contributed by atoms with E-state index in [1.807, 2.05) is 38.0 Å². The van der Waals surface area contributed by atoms with Crippen LogP contribution >= 0.6 is 0 Å². The lowest BCUT2D eigenvalue weighted by Crippen LogP contribution is -2.32. The van der Waals surface area contributed by atoms with E-state index >= 15 is 0 Å². The molecule has 15 heteroatoms. The molecule has 0 saturated carbocycles. The number of allylic oxidation sites excluding steroid dienone is 24. The van der Waals surface area contributed by atoms with E-state index < -0.39 is 0 Å². The van der Waals surface area contributed by atoms with Gasteiger partial charge in [-0.15, -0.1) is 0 Å². The molecule has 0 fully saturated rings. The predicted octanol–water partition coefficient (Wildman–Crippen LogP) is 38.1. The van der Waals surface area contributed by atoms with Crippen LogP contribution in [0, 0.1) is 0 Å². The quantitative estimate of drug-likeness (QED) is 0.00846. The molecule has 0 aliphatic rings. The summed E-state index contributed by atoms with van der Waals surface area (Å²) in [6, 6.07) is 0. The highest BCUT2D eigenvalue weighted by atomic mass is 16.2. The minimum Gasteiger partial charge on any atom is -0.397 e. The number of nitrogens with two attached hydrogens (primary N) is 2. The van der Waals surface area contributed by atoms with Crippen LogP contribution in [0.25, 0.3) is 0 Å². The lowest BCUT2D eigenvalue weighted by molar-refractivity contribution is -0.122. The molecule has 0 aromatic carbocycles. The molecule has 148 heavy (non-hydrogen) atoms. The van der Waals surface area contributed by atoms with E-state index in [-0.39, 0.29) is 25.8 Å². The van der Waals surface area contributed by atoms with Gasteiger partial charge in [-0.2, -0.15) is 10.2 Å². The van der Waals surface area contributed by atoms with E-state index in [1.54, 1.807) is 6.92 Å². The van der Waals surface area contributed by atoms with Crippen molar-refractivity contribution in [3.63, 3.8) is 0 Å². The zero-order valence-corrected chi connectivity index (χ0v) is 101. The SMILES string of the molecule is C.CCCCC/C=C\C/C=C\CCCCCCCCC(=O)CCCCCCCC/C=C\C/C=C\CCCCC.CCCCC/C=C\C/C=C\CCCCCCCCC(CCCCCCCC/C=C\C/C=C\CCCCC)=NNC(=O)CCN(C)C.CCCCC/C=C\C/C=C\CCCCCCCCC(CCCCCCCC/C=C\C/C=C\CCCCC)=NNCCN(C)C.CCO.CN(C)CCC(=O)NN.CN(C)CCCN. The number of nitrogens with one attached hydrogen (secondary N) is 3. The van der Waals surface area contributed by atoms with E-state index in [0.29, 0.717) is 18.6 Å². The van der Waals surface area contributed by atoms with Crippen molar-refractivity contribution in [2.75, 3.05) is 102 Å². The normalized spacial score (nSPS) is 11.7. The average Bonchev–Trinajstić information content (AvgIpc) is 0.973. The number of nitrogens with zero attached hydrogens (tertiary/aromatic N) is 6. The van der Waals surface area contributed by atoms with Gasteiger partial charge in [0.05, 0.1) is 0 Å². The number of likely N-dealkylation sites (N-methyl/N-ethyl adjacent to an activating group) is 1. The van der Waals surface area contributed by atoms with Gasteiger partial charge >= 0.3 is 0 Å². The first-order valence-corrected chi connectivity index (χ1v) is 62.3. The molecule has 8 N–H and O–H groups in total. The van der Waals surface area contributed by atoms with Crippen molar-refractivity contribution in [3.8, 4) is 0 Å². The van der Waals surface area contributed by atoms with Crippen molar-refractivity contribution in [1.29, 1.82) is 0 Å². The largest absolute Gasteiger partial charge is 0.397 e. The first-order chi connectivity index (χ1) is 72.0. The van der Waals surface area contributed by atoms with E-state index in [4.69, 9.17) is 21.8 Å². The summed E-state index contributed by atoms with van der Waals surface area (Å²) in [5.74, 6) is 5.25. The molecular weight excluding hydrogens is 1820 g/mol. The molecule has 0 spiro atoms. The topological polar surface area (TPSA) is 197 Å². The molecule has 0 heterocycles. The van der Waals surface area contributed by atoms with Crippen LogP contribution in [0.4, 0.5) is 0 Å². The number of hydrazone groups is 2. The van der Waals surface area contributed by atoms with Gasteiger partial charge in [0.2, 0.25) is 11.8 Å². The number of unbranched alkanes of at least 4 members (excludes halogenated alkanes) is 54. The monoisotopic (exact) mass is 2070 g/mol. The maximum absolute atomic E-state index is 12.2. The molecule has 2 amide bonds. The Bertz CT molecular complexity index is 2860. The molecule has 15 nitrogen and oxygen atoms in total. The van der Waals surface area contributed by atoms with Crippen molar-refractivity contribution in [2.24, 2.45) is 21.8 Å². The fourth-order valence-corrected chi connectivity index (χ4v) is 16.3. The number of hydrazine groups is 1. The van der Waals surface area contributed by atoms with Gasteiger partial charge in [0, 0.05) is 69.9 Å². The first-order valence-electron chi connectivity index (χ1n) is 62.3. The molecule has 0 aliphatic heterocycles. The van der Waals surface area contributed by atoms with Crippen LogP contribution in [-0.4, -0.2) is 156 Å². The predicted molar refractivity (Wildman–Crippen MR) is 669 cm³/mol. The number of amides is 2. The highest BCUT2D eigenvalue weighted by molar-refractivity contribution is 5.86. The van der Waals surface area contributed by atoms with Crippen LogP contribution in [-0.2, 0) is 14.4 Å². The minimum atomic E-state index is -0.122. The van der Waals surface area contributed by atoms with Crippen LogP contribution in [0.2, 0.25) is 0 Å². The number of rotatable bonds is 104. The second-order valence-electron chi connectivity index (χ2n) is 42.1. The third-order valence-corrected chi connectivity index (χ3v) is 25.8. The summed E-state index contributed by atoms with van der Waals surface area (Å²) in [5, 5.41) is 17.0. The summed E-state index contributed by atoms with van der Waals surface area (Å²) < 4.78 is 0. The minimum absolute atomic E-state index is 0. The number of aliphatic hydroxyl groups excluding tert-OH is 1. The van der Waals surface area contributed by atoms with E-state index in [2.05, 4.69) is 247 Å². The van der Waals surface area contributed by atoms with E-state index in [0.717, 1.165) is 123 Å². The number of aliphatic hydroxyl groups is 1. The van der Waals surface area contributed by atoms with Crippen LogP contribution in [0.5, 0.6) is 0 Å². The third kappa shape index (κ3) is 160. The Labute approximate surface area is 924 Å². The molecular formula is C133H257N11O4. The highest BCUT2D eigenvalue weighted by Crippen LogP contribution is 2.20. The Hall–Kier alpha value is -5.65. The van der Waals surface area contributed by atoms with Crippen molar-refractivity contribution in [3.05, 3.63) is 146 Å². The highest BCUT2D eigenvalue weighted by Gasteiger charge is 2.09. The summed E-state index contributed by atoms with van der Waals surface area (Å²) in [4.78, 5) is 43.1. The molecule has 0 aromatic heterocycles. The fourth-order valence-electron chi connectivity index (χ4n) is 16.3. The number of carbonyl (C=O) groups is 3. The summed E-state index contributed by atoms with van der Waals surface area (Å²) in [7, 11) is 16.2. The van der Waals surface area contributed by atoms with Gasteiger partial charge in [-0.25, -0.2) is 11.3 Å². The number of hydrogen-bond acceptors (Lipinski definition) is 13. The van der Waals surface area contributed by atoms with E-state index in [1.165, 1.54) is 435 Å². The zero-order chi connectivity index (χ0) is 109. The Balaban J connectivity index is -0.000000368. The molecule has 868 valence electrons. The first kappa shape index (κ1) is 155. The van der Waals surface area contributed by atoms with Gasteiger partial charge in [0.25, 0.3) is 0 Å². The summed E-state index contributed by atoms with van der Waals surface area (Å²) in [6.07, 6.45) is 156. The van der Waals surface area contributed by atoms with Crippen molar-refractivity contribution < 1.29 is 19.5 Å². The maximum atomic E-state index is 12.2. The summed E-state index contributed by atoms with van der Waals surface area (Å²) in [5.41, 5.74) is 16.1. The molecule has 0 aromatic rings. The lowest BCUT2D eigenvalue weighted by Gasteiger charge is -2.11. The Morgan fingerprint density at radius 1 is 0.236 bits per heavy atom. The van der Waals surface area contributed by atoms with Crippen LogP contribution in [0.1, 0.15) is 576 Å². The summed E-state index contributed by atoms with van der Waals surface area (Å²) >= 11 is 0. The smallest absolute Gasteiger partial charge is 0.241 e. The maximum Gasteiger partial charge on any atom is 0.241 e. The molecule has 0 bridgehead atoms. The van der Waals surface area contributed by atoms with Gasteiger partial charge < -0.3 is 35.9 Å². The summed E-state index contributed by atoms with van der Waals surface area (Å²) in [6.45, 7) is 20.9.